The van der Waals surface area contributed by atoms with E-state index in [9.17, 15) is 13.5 Å². The van der Waals surface area contributed by atoms with Crippen molar-refractivity contribution in [2.45, 2.75) is 25.7 Å². The number of nitrogens with zero attached hydrogens (tertiary/aromatic N) is 4. The Labute approximate surface area is 118 Å². The van der Waals surface area contributed by atoms with Crippen molar-refractivity contribution in [2.24, 2.45) is 14.7 Å². The van der Waals surface area contributed by atoms with Crippen molar-refractivity contribution >= 4 is 21.6 Å². The first-order valence-electron chi connectivity index (χ1n) is 6.14. The Balaban J connectivity index is 2.93. The standard InChI is InChI=1S/C12H18N4O3S/c1-4-16(5-2)15-13-11-6-8-12(9-7-11)20(18,19)14-10(3)17/h6-9H,4-5H2,1-3H3,(H,14,17)/p-1. The van der Waals surface area contributed by atoms with Crippen molar-refractivity contribution < 1.29 is 13.5 Å². The van der Waals surface area contributed by atoms with E-state index in [-0.39, 0.29) is 4.90 Å². The summed E-state index contributed by atoms with van der Waals surface area (Å²) in [6.07, 6.45) is 0. The molecular weight excluding hydrogens is 280 g/mol. The van der Waals surface area contributed by atoms with Crippen LogP contribution < -0.4 is 5.11 Å². The minimum Gasteiger partial charge on any atom is -0.861 e. The molecule has 0 saturated heterocycles. The van der Waals surface area contributed by atoms with Crippen molar-refractivity contribution in [2.75, 3.05) is 13.1 Å². The third-order valence-electron chi connectivity index (χ3n) is 2.40. The van der Waals surface area contributed by atoms with Gasteiger partial charge in [-0.15, -0.1) is 5.11 Å². The third-order valence-corrected chi connectivity index (χ3v) is 3.77. The van der Waals surface area contributed by atoms with Gasteiger partial charge in [-0.2, -0.15) is 12.8 Å². The number of hydrogen-bond donors (Lipinski definition) is 0. The average molecular weight is 297 g/mol. The van der Waals surface area contributed by atoms with E-state index in [1.54, 1.807) is 5.01 Å². The molecule has 1 aromatic carbocycles. The van der Waals surface area contributed by atoms with Gasteiger partial charge in [-0.3, -0.25) is 5.01 Å². The molecule has 110 valence electrons. The first kappa shape index (κ1) is 16.1. The Morgan fingerprint density at radius 3 is 2.20 bits per heavy atom. The monoisotopic (exact) mass is 297 g/mol. The van der Waals surface area contributed by atoms with Crippen LogP contribution in [0.3, 0.4) is 0 Å². The molecule has 0 fully saturated rings. The van der Waals surface area contributed by atoms with Crippen LogP contribution in [0.1, 0.15) is 20.8 Å². The summed E-state index contributed by atoms with van der Waals surface area (Å²) in [6, 6.07) is 5.71. The molecule has 0 aliphatic rings. The summed E-state index contributed by atoms with van der Waals surface area (Å²) >= 11 is 0. The Morgan fingerprint density at radius 2 is 1.75 bits per heavy atom. The lowest BCUT2D eigenvalue weighted by atomic mass is 10.3. The highest BCUT2D eigenvalue weighted by atomic mass is 32.2. The fourth-order valence-corrected chi connectivity index (χ4v) is 2.30. The summed E-state index contributed by atoms with van der Waals surface area (Å²) in [4.78, 5) is -0.0468. The molecular formula is C12H17N4O3S-. The van der Waals surface area contributed by atoms with Crippen LogP contribution in [0, 0.1) is 0 Å². The second-order valence-electron chi connectivity index (χ2n) is 3.91. The quantitative estimate of drug-likeness (QED) is 0.344. The molecule has 0 spiro atoms. The molecule has 0 aliphatic heterocycles. The Bertz CT molecular complexity index is 586. The maximum atomic E-state index is 11.7. The van der Waals surface area contributed by atoms with Gasteiger partial charge in [0.05, 0.1) is 10.6 Å². The Kier molecular flexibility index (Phi) is 5.63. The highest BCUT2D eigenvalue weighted by molar-refractivity contribution is 7.90. The largest absolute Gasteiger partial charge is 0.861 e. The van der Waals surface area contributed by atoms with Gasteiger partial charge in [0.15, 0.2) is 0 Å². The summed E-state index contributed by atoms with van der Waals surface area (Å²) in [5, 5.41) is 20.5. The normalized spacial score (nSPS) is 12.8. The number of benzene rings is 1. The zero-order chi connectivity index (χ0) is 15.2. The third kappa shape index (κ3) is 4.61. The van der Waals surface area contributed by atoms with Gasteiger partial charge in [-0.05, 0) is 50.9 Å². The topological polar surface area (TPSA) is 97.5 Å². The first-order chi connectivity index (χ1) is 9.39. The summed E-state index contributed by atoms with van der Waals surface area (Å²) in [7, 11) is -3.92. The van der Waals surface area contributed by atoms with Crippen LogP contribution >= 0.6 is 0 Å². The smallest absolute Gasteiger partial charge is 0.281 e. The van der Waals surface area contributed by atoms with E-state index in [0.717, 1.165) is 20.0 Å². The molecule has 0 bridgehead atoms. The molecule has 1 aromatic rings. The lowest BCUT2D eigenvalue weighted by molar-refractivity contribution is -0.215. The van der Waals surface area contributed by atoms with Crippen molar-refractivity contribution in [3.63, 3.8) is 0 Å². The zero-order valence-electron chi connectivity index (χ0n) is 11.6. The highest BCUT2D eigenvalue weighted by Crippen LogP contribution is 2.18. The zero-order valence-corrected chi connectivity index (χ0v) is 12.5. The number of sulfonamides is 1. The molecule has 0 aromatic heterocycles. The van der Waals surface area contributed by atoms with E-state index in [2.05, 4.69) is 14.7 Å². The van der Waals surface area contributed by atoms with Crippen molar-refractivity contribution in [3.05, 3.63) is 24.3 Å². The molecule has 0 aliphatic carbocycles. The summed E-state index contributed by atoms with van der Waals surface area (Å²) in [5.74, 6) is -0.754. The van der Waals surface area contributed by atoms with Gasteiger partial charge in [0.1, 0.15) is 0 Å². The number of hydrogen-bond acceptors (Lipinski definition) is 5. The Hall–Kier alpha value is -1.96. The average Bonchev–Trinajstić information content (AvgIpc) is 2.39. The van der Waals surface area contributed by atoms with Crippen LogP contribution in [0.4, 0.5) is 5.69 Å². The van der Waals surface area contributed by atoms with Crippen LogP contribution in [0.25, 0.3) is 0 Å². The highest BCUT2D eigenvalue weighted by Gasteiger charge is 2.11. The molecule has 0 saturated carbocycles. The molecule has 7 nitrogen and oxygen atoms in total. The summed E-state index contributed by atoms with van der Waals surface area (Å²) < 4.78 is 26.4. The molecule has 20 heavy (non-hydrogen) atoms. The van der Waals surface area contributed by atoms with E-state index in [1.165, 1.54) is 24.3 Å². The molecule has 0 radical (unpaired) electrons. The lowest BCUT2D eigenvalue weighted by Crippen LogP contribution is -2.15. The molecule has 0 N–H and O–H groups in total. The molecule has 0 amide bonds. The maximum absolute atomic E-state index is 11.7. The van der Waals surface area contributed by atoms with Gasteiger partial charge in [-0.1, -0.05) is 5.22 Å². The van der Waals surface area contributed by atoms with Crippen LogP contribution in [-0.4, -0.2) is 32.4 Å². The SMILES string of the molecule is CCN(CC)N=Nc1ccc(S(=O)(=O)N=C(C)[O-])cc1. The van der Waals surface area contributed by atoms with Gasteiger partial charge in [0.2, 0.25) is 0 Å². The maximum Gasteiger partial charge on any atom is 0.281 e. The predicted octanol–water partition coefficient (Wildman–Crippen LogP) is 1.49. The molecule has 8 heteroatoms. The summed E-state index contributed by atoms with van der Waals surface area (Å²) in [5.41, 5.74) is 0.527. The van der Waals surface area contributed by atoms with E-state index in [0.29, 0.717) is 5.69 Å². The fourth-order valence-electron chi connectivity index (χ4n) is 1.37. The van der Waals surface area contributed by atoms with Crippen molar-refractivity contribution in [1.29, 1.82) is 0 Å². The molecule has 0 unspecified atom stereocenters. The van der Waals surface area contributed by atoms with Crippen molar-refractivity contribution in [3.8, 4) is 0 Å². The van der Waals surface area contributed by atoms with E-state index >= 15 is 0 Å². The minimum atomic E-state index is -3.92. The second-order valence-corrected chi connectivity index (χ2v) is 5.51. The van der Waals surface area contributed by atoms with E-state index in [1.807, 2.05) is 13.8 Å². The molecule has 0 heterocycles. The van der Waals surface area contributed by atoms with Crippen LogP contribution in [0.2, 0.25) is 0 Å². The number of rotatable bonds is 6. The van der Waals surface area contributed by atoms with Crippen LogP contribution in [-0.2, 0) is 10.0 Å². The van der Waals surface area contributed by atoms with E-state index < -0.39 is 15.9 Å². The lowest BCUT2D eigenvalue weighted by Gasteiger charge is -2.11. The van der Waals surface area contributed by atoms with E-state index in [4.69, 9.17) is 0 Å². The van der Waals surface area contributed by atoms with Crippen molar-refractivity contribution in [1.82, 2.24) is 5.01 Å². The summed E-state index contributed by atoms with van der Waals surface area (Å²) in [6.45, 7) is 6.49. The van der Waals surface area contributed by atoms with Crippen LogP contribution in [0.5, 0.6) is 0 Å². The second kappa shape index (κ2) is 6.99. The predicted molar refractivity (Wildman–Crippen MR) is 74.2 cm³/mol. The minimum absolute atomic E-state index is 0.0468. The van der Waals surface area contributed by atoms with Gasteiger partial charge in [0.25, 0.3) is 10.0 Å². The van der Waals surface area contributed by atoms with Crippen LogP contribution in [0.15, 0.2) is 43.9 Å². The first-order valence-corrected chi connectivity index (χ1v) is 7.58. The molecule has 0 atom stereocenters. The van der Waals surface area contributed by atoms with Gasteiger partial charge in [0, 0.05) is 13.1 Å². The van der Waals surface area contributed by atoms with Gasteiger partial charge >= 0.3 is 0 Å². The fraction of sp³-hybridized carbons (Fsp3) is 0.417. The Morgan fingerprint density at radius 1 is 1.20 bits per heavy atom. The molecule has 1 rings (SSSR count). The van der Waals surface area contributed by atoms with Gasteiger partial charge in [-0.25, -0.2) is 0 Å². The van der Waals surface area contributed by atoms with Gasteiger partial charge < -0.3 is 5.11 Å².